The number of hydrogen-bond donors (Lipinski definition) is 1. The highest BCUT2D eigenvalue weighted by Gasteiger charge is 2.40. The molecule has 1 N–H and O–H groups in total. The molecule has 0 spiro atoms. The highest BCUT2D eigenvalue weighted by Crippen LogP contribution is 2.27. The minimum atomic E-state index is -0.575. The fourth-order valence-electron chi connectivity index (χ4n) is 1.27. The minimum Gasteiger partial charge on any atom is -0.388 e. The van der Waals surface area contributed by atoms with Crippen molar-refractivity contribution in [2.24, 2.45) is 0 Å². The predicted octanol–water partition coefficient (Wildman–Crippen LogP) is 0.145. The molecule has 4 nitrogen and oxygen atoms in total. The summed E-state index contributed by atoms with van der Waals surface area (Å²) in [4.78, 5) is 0. The van der Waals surface area contributed by atoms with Crippen molar-refractivity contribution >= 4 is 0 Å². The zero-order chi connectivity index (χ0) is 9.19. The van der Waals surface area contributed by atoms with E-state index in [0.717, 1.165) is 0 Å². The largest absolute Gasteiger partial charge is 0.388 e. The summed E-state index contributed by atoms with van der Waals surface area (Å²) in [6, 6.07) is 0. The molecule has 1 aliphatic rings. The van der Waals surface area contributed by atoms with Crippen molar-refractivity contribution in [2.75, 3.05) is 20.8 Å². The normalized spacial score (nSPS) is 43.0. The van der Waals surface area contributed by atoms with E-state index in [1.165, 1.54) is 0 Å². The van der Waals surface area contributed by atoms with Crippen LogP contribution in [0.15, 0.2) is 0 Å². The highest BCUT2D eigenvalue weighted by molar-refractivity contribution is 4.88. The summed E-state index contributed by atoms with van der Waals surface area (Å²) >= 11 is 0. The van der Waals surface area contributed by atoms with Gasteiger partial charge in [-0.05, 0) is 6.92 Å². The van der Waals surface area contributed by atoms with Gasteiger partial charge in [0.2, 0.25) is 0 Å². The van der Waals surface area contributed by atoms with Crippen LogP contribution in [0.25, 0.3) is 0 Å². The Bertz CT molecular complexity index is 150. The van der Waals surface area contributed by atoms with Crippen LogP contribution in [0.4, 0.5) is 0 Å². The van der Waals surface area contributed by atoms with Gasteiger partial charge in [-0.1, -0.05) is 0 Å². The van der Waals surface area contributed by atoms with Crippen LogP contribution in [0.3, 0.4) is 0 Å². The van der Waals surface area contributed by atoms with Crippen LogP contribution in [0.1, 0.15) is 13.3 Å². The minimum absolute atomic E-state index is 0.265. The molecule has 1 rings (SSSR count). The van der Waals surface area contributed by atoms with Crippen molar-refractivity contribution in [3.63, 3.8) is 0 Å². The molecule has 0 aromatic heterocycles. The van der Waals surface area contributed by atoms with Crippen molar-refractivity contribution in [1.29, 1.82) is 0 Å². The molecule has 1 fully saturated rings. The van der Waals surface area contributed by atoms with Crippen molar-refractivity contribution < 1.29 is 19.3 Å². The van der Waals surface area contributed by atoms with E-state index in [2.05, 4.69) is 0 Å². The van der Waals surface area contributed by atoms with Gasteiger partial charge in [-0.15, -0.1) is 0 Å². The van der Waals surface area contributed by atoms with E-state index in [9.17, 15) is 5.11 Å². The topological polar surface area (TPSA) is 47.9 Å². The summed E-state index contributed by atoms with van der Waals surface area (Å²) in [7, 11) is 3.17. The monoisotopic (exact) mass is 176 g/mol. The van der Waals surface area contributed by atoms with E-state index >= 15 is 0 Å². The molecule has 0 bridgehead atoms. The van der Waals surface area contributed by atoms with Crippen LogP contribution in [-0.2, 0) is 14.2 Å². The quantitative estimate of drug-likeness (QED) is 0.650. The molecule has 0 aliphatic carbocycles. The van der Waals surface area contributed by atoms with Crippen molar-refractivity contribution in [3.05, 3.63) is 0 Å². The molecule has 12 heavy (non-hydrogen) atoms. The second kappa shape index (κ2) is 3.70. The molecular formula is C8H16O4. The van der Waals surface area contributed by atoms with Crippen LogP contribution in [-0.4, -0.2) is 43.9 Å². The zero-order valence-corrected chi connectivity index (χ0v) is 7.74. The Balaban J connectivity index is 2.58. The van der Waals surface area contributed by atoms with Crippen LogP contribution >= 0.6 is 0 Å². The summed E-state index contributed by atoms with van der Waals surface area (Å²) in [5, 5.41) is 9.54. The molecular weight excluding hydrogens is 160 g/mol. The first-order valence-corrected chi connectivity index (χ1v) is 4.00. The SMILES string of the molecule is COC1C[C@](C)(OC)C(O)CO1. The Hall–Kier alpha value is -0.160. The number of aliphatic hydroxyl groups excluding tert-OH is 1. The van der Waals surface area contributed by atoms with Gasteiger partial charge in [0.1, 0.15) is 6.10 Å². The van der Waals surface area contributed by atoms with E-state index in [1.807, 2.05) is 6.92 Å². The lowest BCUT2D eigenvalue weighted by Crippen LogP contribution is -2.52. The molecule has 1 aliphatic heterocycles. The number of aliphatic hydroxyl groups is 1. The van der Waals surface area contributed by atoms with Crippen LogP contribution in [0, 0.1) is 0 Å². The molecule has 3 atom stereocenters. The molecule has 0 radical (unpaired) electrons. The van der Waals surface area contributed by atoms with Crippen molar-refractivity contribution in [3.8, 4) is 0 Å². The Morgan fingerprint density at radius 2 is 2.17 bits per heavy atom. The Kier molecular flexibility index (Phi) is 3.06. The lowest BCUT2D eigenvalue weighted by atomic mass is 9.93. The van der Waals surface area contributed by atoms with E-state index in [0.29, 0.717) is 6.42 Å². The molecule has 0 aromatic carbocycles. The summed E-state index contributed by atoms with van der Waals surface area (Å²) in [5.41, 5.74) is -0.543. The maximum Gasteiger partial charge on any atom is 0.160 e. The second-order valence-electron chi connectivity index (χ2n) is 3.24. The number of ether oxygens (including phenoxy) is 3. The fraction of sp³-hybridized carbons (Fsp3) is 1.00. The molecule has 72 valence electrons. The van der Waals surface area contributed by atoms with E-state index in [4.69, 9.17) is 14.2 Å². The van der Waals surface area contributed by atoms with Gasteiger partial charge in [0, 0.05) is 20.6 Å². The predicted molar refractivity (Wildman–Crippen MR) is 42.8 cm³/mol. The highest BCUT2D eigenvalue weighted by atomic mass is 16.7. The first kappa shape index (κ1) is 9.92. The summed E-state index contributed by atoms with van der Waals surface area (Å²) in [6.45, 7) is 2.12. The maximum absolute atomic E-state index is 9.54. The molecule has 0 amide bonds. The van der Waals surface area contributed by atoms with Gasteiger partial charge in [-0.3, -0.25) is 0 Å². The smallest absolute Gasteiger partial charge is 0.160 e. The molecule has 1 heterocycles. The molecule has 4 heteroatoms. The van der Waals surface area contributed by atoms with Gasteiger partial charge >= 0.3 is 0 Å². The standard InChI is InChI=1S/C8H16O4/c1-8(11-3)4-7(10-2)12-5-6(8)9/h6-7,9H,4-5H2,1-3H3/t6?,7?,8-/m0/s1. The average molecular weight is 176 g/mol. The number of hydrogen-bond acceptors (Lipinski definition) is 4. The fourth-order valence-corrected chi connectivity index (χ4v) is 1.27. The van der Waals surface area contributed by atoms with E-state index < -0.39 is 11.7 Å². The van der Waals surface area contributed by atoms with E-state index in [1.54, 1.807) is 14.2 Å². The van der Waals surface area contributed by atoms with Crippen LogP contribution < -0.4 is 0 Å². The van der Waals surface area contributed by atoms with Gasteiger partial charge in [-0.2, -0.15) is 0 Å². The molecule has 1 saturated heterocycles. The van der Waals surface area contributed by atoms with Crippen molar-refractivity contribution in [2.45, 2.75) is 31.3 Å². The van der Waals surface area contributed by atoms with Crippen LogP contribution in [0.2, 0.25) is 0 Å². The molecule has 2 unspecified atom stereocenters. The first-order valence-electron chi connectivity index (χ1n) is 4.00. The number of methoxy groups -OCH3 is 2. The van der Waals surface area contributed by atoms with Gasteiger partial charge < -0.3 is 19.3 Å². The van der Waals surface area contributed by atoms with Crippen molar-refractivity contribution in [1.82, 2.24) is 0 Å². The number of rotatable bonds is 2. The second-order valence-corrected chi connectivity index (χ2v) is 3.24. The third-order valence-corrected chi connectivity index (χ3v) is 2.45. The first-order chi connectivity index (χ1) is 5.62. The summed E-state index contributed by atoms with van der Waals surface area (Å²) in [5.74, 6) is 0. The lowest BCUT2D eigenvalue weighted by Gasteiger charge is -2.40. The maximum atomic E-state index is 9.54. The molecule has 0 aromatic rings. The Morgan fingerprint density at radius 1 is 1.50 bits per heavy atom. The third-order valence-electron chi connectivity index (χ3n) is 2.45. The van der Waals surface area contributed by atoms with Gasteiger partial charge in [-0.25, -0.2) is 0 Å². The molecule has 0 saturated carbocycles. The lowest BCUT2D eigenvalue weighted by molar-refractivity contribution is -0.244. The van der Waals surface area contributed by atoms with Gasteiger partial charge in [0.15, 0.2) is 6.29 Å². The summed E-state index contributed by atoms with van der Waals surface area (Å²) in [6.07, 6.45) is -0.284. The van der Waals surface area contributed by atoms with Gasteiger partial charge in [0.25, 0.3) is 0 Å². The Labute approximate surface area is 72.4 Å². The van der Waals surface area contributed by atoms with E-state index in [-0.39, 0.29) is 12.9 Å². The van der Waals surface area contributed by atoms with Gasteiger partial charge in [0.05, 0.1) is 12.2 Å². The Morgan fingerprint density at radius 3 is 2.67 bits per heavy atom. The zero-order valence-electron chi connectivity index (χ0n) is 7.74. The third kappa shape index (κ3) is 1.77. The summed E-state index contributed by atoms with van der Waals surface area (Å²) < 4.78 is 15.4. The van der Waals surface area contributed by atoms with Crippen LogP contribution in [0.5, 0.6) is 0 Å². The average Bonchev–Trinajstić information content (AvgIpc) is 2.10.